The zero-order valence-electron chi connectivity index (χ0n) is 22.0. The van der Waals surface area contributed by atoms with Crippen LogP contribution in [0.25, 0.3) is 5.57 Å². The molecule has 0 fully saturated rings. The first-order valence-electron chi connectivity index (χ1n) is 10.7. The Morgan fingerprint density at radius 1 is 1.22 bits per heavy atom. The molecule has 1 rings (SSSR count). The fraction of sp³-hybridized carbons (Fsp3) is 0.214. The second kappa shape index (κ2) is 27.2. The highest BCUT2D eigenvalue weighted by atomic mass is 32.2. The molecule has 7 nitrogen and oxygen atoms in total. The molecule has 0 aromatic carbocycles. The molecule has 194 valence electrons. The lowest BCUT2D eigenvalue weighted by Gasteiger charge is -2.06. The molecule has 3 N–H and O–H groups in total. The number of nitrogens with zero attached hydrogens (tertiary/aromatic N) is 2. The molecule has 0 atom stereocenters. The van der Waals surface area contributed by atoms with Gasteiger partial charge in [-0.3, -0.25) is 15.6 Å². The molecular weight excluding hydrogens is 470 g/mol. The first-order chi connectivity index (χ1) is 17.2. The number of ether oxygens (including phenoxy) is 1. The Kier molecular flexibility index (Phi) is 27.5. The van der Waals surface area contributed by atoms with E-state index in [1.54, 1.807) is 38.3 Å². The molecule has 1 amide bonds. The van der Waals surface area contributed by atoms with E-state index < -0.39 is 0 Å². The van der Waals surface area contributed by atoms with Gasteiger partial charge in [-0.25, -0.2) is 4.68 Å². The van der Waals surface area contributed by atoms with Crippen molar-refractivity contribution < 1.29 is 9.53 Å². The third kappa shape index (κ3) is 23.1. The van der Waals surface area contributed by atoms with Crippen LogP contribution in [0.5, 0.6) is 0 Å². The highest BCUT2D eigenvalue weighted by Crippen LogP contribution is 2.08. The maximum atomic E-state index is 11.0. The Morgan fingerprint density at radius 3 is 2.28 bits per heavy atom. The van der Waals surface area contributed by atoms with Crippen LogP contribution in [0.1, 0.15) is 33.4 Å². The lowest BCUT2D eigenvalue weighted by atomic mass is 10.2. The van der Waals surface area contributed by atoms with Crippen LogP contribution in [-0.4, -0.2) is 33.7 Å². The van der Waals surface area contributed by atoms with Crippen LogP contribution in [0, 0.1) is 23.2 Å². The van der Waals surface area contributed by atoms with Crippen LogP contribution < -0.4 is 10.8 Å². The predicted molar refractivity (Wildman–Crippen MR) is 157 cm³/mol. The summed E-state index contributed by atoms with van der Waals surface area (Å²) in [6, 6.07) is 3.36. The van der Waals surface area contributed by atoms with Gasteiger partial charge in [-0.1, -0.05) is 80.1 Å². The molecule has 0 unspecified atom stereocenters. The molecule has 0 radical (unpaired) electrons. The van der Waals surface area contributed by atoms with E-state index in [2.05, 4.69) is 47.2 Å². The highest BCUT2D eigenvalue weighted by Gasteiger charge is 2.01. The Balaban J connectivity index is -0.000000593. The minimum absolute atomic E-state index is 0.0597. The molecule has 1 heterocycles. The quantitative estimate of drug-likeness (QED) is 0.123. The number of nitrogens with one attached hydrogen (secondary N) is 3. The summed E-state index contributed by atoms with van der Waals surface area (Å²) in [6.45, 7) is 17.6. The van der Waals surface area contributed by atoms with Gasteiger partial charge in [0.05, 0.1) is 18.2 Å². The zero-order valence-corrected chi connectivity index (χ0v) is 22.8. The molecule has 1 aromatic rings. The van der Waals surface area contributed by atoms with Crippen LogP contribution in [-0.2, 0) is 4.74 Å². The molecule has 0 bridgehead atoms. The summed E-state index contributed by atoms with van der Waals surface area (Å²) < 4.78 is 5.63. The molecular formula is C28H39N5O2S. The van der Waals surface area contributed by atoms with Gasteiger partial charge < -0.3 is 10.1 Å². The largest absolute Gasteiger partial charge is 0.474 e. The summed E-state index contributed by atoms with van der Waals surface area (Å²) in [4.78, 5) is 11.0. The molecule has 0 spiro atoms. The Labute approximate surface area is 220 Å². The number of aromatic nitrogens is 2. The first-order valence-corrected chi connectivity index (χ1v) is 11.9. The van der Waals surface area contributed by atoms with Crippen molar-refractivity contribution in [3.63, 3.8) is 0 Å². The smallest absolute Gasteiger partial charge is 0.279 e. The second-order valence-electron chi connectivity index (χ2n) is 6.16. The van der Waals surface area contributed by atoms with Gasteiger partial charge in [0.15, 0.2) is 0 Å². The number of hydrogen-bond donors (Lipinski definition) is 3. The van der Waals surface area contributed by atoms with Crippen LogP contribution in [0.4, 0.5) is 4.79 Å². The van der Waals surface area contributed by atoms with Crippen molar-refractivity contribution in [2.75, 3.05) is 12.8 Å². The maximum Gasteiger partial charge on any atom is 0.279 e. The maximum absolute atomic E-state index is 11.0. The lowest BCUT2D eigenvalue weighted by molar-refractivity contribution is 0.261. The van der Waals surface area contributed by atoms with Crippen molar-refractivity contribution in [2.45, 2.75) is 27.7 Å². The minimum Gasteiger partial charge on any atom is -0.474 e. The van der Waals surface area contributed by atoms with Gasteiger partial charge in [0.1, 0.15) is 11.3 Å². The zero-order chi connectivity index (χ0) is 28.2. The van der Waals surface area contributed by atoms with E-state index in [4.69, 9.17) is 10.8 Å². The Hall–Kier alpha value is -4.09. The summed E-state index contributed by atoms with van der Waals surface area (Å²) in [5.74, 6) is 2.45. The molecule has 0 aliphatic heterocycles. The van der Waals surface area contributed by atoms with E-state index in [1.165, 1.54) is 17.2 Å². The second-order valence-corrected chi connectivity index (χ2v) is 6.93. The molecule has 1 aromatic heterocycles. The highest BCUT2D eigenvalue weighted by molar-refractivity contribution is 8.12. The van der Waals surface area contributed by atoms with Crippen LogP contribution in [0.3, 0.4) is 0 Å². The van der Waals surface area contributed by atoms with Gasteiger partial charge in [0.25, 0.3) is 5.24 Å². The molecule has 0 saturated heterocycles. The van der Waals surface area contributed by atoms with E-state index in [0.717, 1.165) is 17.3 Å². The third-order valence-corrected chi connectivity index (χ3v) is 3.85. The van der Waals surface area contributed by atoms with Crippen LogP contribution >= 0.6 is 11.8 Å². The number of carbonyl (C=O) groups is 1. The normalized spacial score (nSPS) is 9.94. The van der Waals surface area contributed by atoms with Crippen molar-refractivity contribution in [2.24, 2.45) is 0 Å². The summed E-state index contributed by atoms with van der Waals surface area (Å²) in [5, 5.41) is 22.1. The van der Waals surface area contributed by atoms with Crippen LogP contribution in [0.15, 0.2) is 93.0 Å². The van der Waals surface area contributed by atoms with Crippen molar-refractivity contribution in [1.29, 1.82) is 10.8 Å². The van der Waals surface area contributed by atoms with Crippen molar-refractivity contribution >= 4 is 28.4 Å². The van der Waals surface area contributed by atoms with Gasteiger partial charge in [-0.2, -0.15) is 5.10 Å². The first kappa shape index (κ1) is 36.5. The summed E-state index contributed by atoms with van der Waals surface area (Å²) >= 11 is 1.14. The monoisotopic (exact) mass is 509 g/mol. The van der Waals surface area contributed by atoms with Gasteiger partial charge >= 0.3 is 0 Å². The van der Waals surface area contributed by atoms with E-state index in [9.17, 15) is 4.79 Å². The number of terminal acetylenes is 1. The Morgan fingerprint density at radius 2 is 1.83 bits per heavy atom. The summed E-state index contributed by atoms with van der Waals surface area (Å²) in [5.41, 5.74) is 1.79. The average Bonchev–Trinajstić information content (AvgIpc) is 2.85. The SMILES string of the molecule is C#CC.C=C/C=C\C=C/C.C=COC=C.CSC(=O)NC/C=C\C=C(/C)c1ccc(=N)n(C(C)=N)n1. The standard InChI is InChI=1S/C14H19N5OS.C7H10.C4H6O.C3H4/c1-10(6-4-5-9-17-14(20)21-3)12-7-8-13(16)19(18-12)11(2)15;1-3-5-7-6-4-2;1-3-5-4-2;1-3-2/h4-8,15-16H,9H2,1-3H3,(H,17,20);3-7H,1H2,2H3;3-4H,1-2H2;1H,2H3/b5-4-,10-6+,15-11?,16-13?;6-4-,7-5-;;. The fourth-order valence-electron chi connectivity index (χ4n) is 1.79. The number of hydrogen-bond acceptors (Lipinski definition) is 6. The number of thioether (sulfide) groups is 1. The van der Waals surface area contributed by atoms with Gasteiger partial charge in [-0.15, -0.1) is 12.3 Å². The molecule has 0 aliphatic rings. The van der Waals surface area contributed by atoms with E-state index in [1.807, 2.05) is 56.4 Å². The van der Waals surface area contributed by atoms with Crippen molar-refractivity contribution in [1.82, 2.24) is 15.1 Å². The molecule has 0 aliphatic carbocycles. The number of amides is 1. The predicted octanol–water partition coefficient (Wildman–Crippen LogP) is 6.47. The topological polar surface area (TPSA) is 104 Å². The third-order valence-electron chi connectivity index (χ3n) is 3.33. The summed E-state index contributed by atoms with van der Waals surface area (Å²) in [6.07, 6.45) is 24.0. The van der Waals surface area contributed by atoms with Crippen LogP contribution in [0.2, 0.25) is 0 Å². The fourth-order valence-corrected chi connectivity index (χ4v) is 2.02. The number of carbonyl (C=O) groups excluding carboxylic acids is 1. The van der Waals surface area contributed by atoms with E-state index in [-0.39, 0.29) is 16.6 Å². The van der Waals surface area contributed by atoms with Gasteiger partial charge in [0, 0.05) is 6.54 Å². The Bertz CT molecular complexity index is 1020. The lowest BCUT2D eigenvalue weighted by Crippen LogP contribution is -2.27. The molecule has 36 heavy (non-hydrogen) atoms. The minimum atomic E-state index is -0.0597. The van der Waals surface area contributed by atoms with Crippen molar-refractivity contribution in [3.05, 3.63) is 104 Å². The van der Waals surface area contributed by atoms with E-state index in [0.29, 0.717) is 12.2 Å². The number of rotatable bonds is 8. The van der Waals surface area contributed by atoms with Gasteiger partial charge in [-0.05, 0) is 51.7 Å². The summed E-state index contributed by atoms with van der Waals surface area (Å²) in [7, 11) is 0. The van der Waals surface area contributed by atoms with Crippen molar-refractivity contribution in [3.8, 4) is 12.3 Å². The molecule has 0 saturated carbocycles. The van der Waals surface area contributed by atoms with Gasteiger partial charge in [0.2, 0.25) is 0 Å². The van der Waals surface area contributed by atoms with E-state index >= 15 is 0 Å². The average molecular weight is 510 g/mol. The number of allylic oxidation sites excluding steroid dienone is 8. The molecule has 8 heteroatoms.